The van der Waals surface area contributed by atoms with E-state index in [1.54, 1.807) is 7.11 Å². The van der Waals surface area contributed by atoms with Crippen molar-refractivity contribution in [3.05, 3.63) is 0 Å². The lowest BCUT2D eigenvalue weighted by atomic mass is 9.93. The maximum Gasteiger partial charge on any atom is 0.0707 e. The molecule has 0 heterocycles. The van der Waals surface area contributed by atoms with Gasteiger partial charge in [-0.3, -0.25) is 0 Å². The van der Waals surface area contributed by atoms with Gasteiger partial charge in [0, 0.05) is 13.7 Å². The third kappa shape index (κ3) is 7.02. The zero-order valence-electron chi connectivity index (χ0n) is 14.0. The summed E-state index contributed by atoms with van der Waals surface area (Å²) < 4.78 is 17.1. The Morgan fingerprint density at radius 1 is 0.850 bits per heavy atom. The highest BCUT2D eigenvalue weighted by Crippen LogP contribution is 2.27. The monoisotopic (exact) mass is 290 g/mol. The van der Waals surface area contributed by atoms with Crippen LogP contribution < -0.4 is 0 Å². The summed E-state index contributed by atoms with van der Waals surface area (Å²) in [7, 11) is 1.69. The van der Waals surface area contributed by atoms with Crippen molar-refractivity contribution in [3.63, 3.8) is 0 Å². The summed E-state index contributed by atoms with van der Waals surface area (Å²) in [5, 5.41) is 9.11. The van der Waals surface area contributed by atoms with Gasteiger partial charge in [-0.05, 0) is 39.0 Å². The Morgan fingerprint density at radius 2 is 1.50 bits per heavy atom. The topological polar surface area (TPSA) is 47.9 Å². The molecule has 0 aromatic carbocycles. The van der Waals surface area contributed by atoms with Crippen molar-refractivity contribution in [2.75, 3.05) is 33.5 Å². The van der Waals surface area contributed by atoms with Gasteiger partial charge in [-0.25, -0.2) is 0 Å². The van der Waals surface area contributed by atoms with Gasteiger partial charge in [-0.1, -0.05) is 20.8 Å². The zero-order valence-corrected chi connectivity index (χ0v) is 14.0. The molecule has 0 saturated carbocycles. The molecule has 4 nitrogen and oxygen atoms in total. The van der Waals surface area contributed by atoms with E-state index in [1.807, 2.05) is 0 Å². The van der Waals surface area contributed by atoms with Crippen molar-refractivity contribution < 1.29 is 19.3 Å². The fraction of sp³-hybridized carbons (Fsp3) is 1.00. The van der Waals surface area contributed by atoms with E-state index in [4.69, 9.17) is 19.3 Å². The molecule has 1 atom stereocenters. The first-order valence-electron chi connectivity index (χ1n) is 7.89. The minimum atomic E-state index is -0.228. The van der Waals surface area contributed by atoms with Gasteiger partial charge in [0.25, 0.3) is 0 Å². The maximum absolute atomic E-state index is 9.11. The lowest BCUT2D eigenvalue weighted by Crippen LogP contribution is -2.36. The molecular formula is C16H34O4. The van der Waals surface area contributed by atoms with Crippen LogP contribution in [0.4, 0.5) is 0 Å². The average molecular weight is 290 g/mol. The van der Waals surface area contributed by atoms with Crippen LogP contribution >= 0.6 is 0 Å². The summed E-state index contributed by atoms with van der Waals surface area (Å²) in [5.74, 6) is 0. The molecule has 4 heteroatoms. The Kier molecular flexibility index (Phi) is 10.5. The normalized spacial score (nSPS) is 15.3. The molecule has 20 heavy (non-hydrogen) atoms. The molecule has 0 aliphatic heterocycles. The Labute approximate surface area is 124 Å². The number of aliphatic hydroxyl groups excluding tert-OH is 1. The number of aliphatic hydroxyl groups is 1. The van der Waals surface area contributed by atoms with Crippen molar-refractivity contribution in [2.24, 2.45) is 0 Å². The van der Waals surface area contributed by atoms with Crippen LogP contribution in [0.15, 0.2) is 0 Å². The lowest BCUT2D eigenvalue weighted by Gasteiger charge is -2.34. The summed E-state index contributed by atoms with van der Waals surface area (Å²) >= 11 is 0. The predicted octanol–water partition coefficient (Wildman–Crippen LogP) is 3.17. The summed E-state index contributed by atoms with van der Waals surface area (Å²) in [6, 6.07) is 0. The van der Waals surface area contributed by atoms with Gasteiger partial charge in [-0.2, -0.15) is 0 Å². The Morgan fingerprint density at radius 3 is 1.95 bits per heavy atom. The van der Waals surface area contributed by atoms with Gasteiger partial charge in [0.1, 0.15) is 0 Å². The number of methoxy groups -OCH3 is 1. The van der Waals surface area contributed by atoms with Crippen LogP contribution in [-0.2, 0) is 14.2 Å². The molecule has 0 aromatic rings. The Hall–Kier alpha value is -0.160. The lowest BCUT2D eigenvalue weighted by molar-refractivity contribution is -0.109. The first kappa shape index (κ1) is 19.8. The van der Waals surface area contributed by atoms with Gasteiger partial charge >= 0.3 is 0 Å². The largest absolute Gasteiger partial charge is 0.396 e. The van der Waals surface area contributed by atoms with Gasteiger partial charge in [-0.15, -0.1) is 0 Å². The predicted molar refractivity (Wildman–Crippen MR) is 82.1 cm³/mol. The minimum absolute atomic E-state index is 0.119. The van der Waals surface area contributed by atoms with E-state index in [0.29, 0.717) is 26.2 Å². The summed E-state index contributed by atoms with van der Waals surface area (Å²) in [6.45, 7) is 10.6. The van der Waals surface area contributed by atoms with Crippen LogP contribution in [0.2, 0.25) is 0 Å². The fourth-order valence-electron chi connectivity index (χ4n) is 2.29. The van der Waals surface area contributed by atoms with E-state index >= 15 is 0 Å². The molecule has 0 aliphatic carbocycles. The van der Waals surface area contributed by atoms with E-state index in [2.05, 4.69) is 27.7 Å². The fourth-order valence-corrected chi connectivity index (χ4v) is 2.29. The Balaban J connectivity index is 4.31. The zero-order chi connectivity index (χ0) is 15.5. The molecule has 0 rings (SSSR count). The SMILES string of the molecule is CCC(C)(CCO)OCCC(CC)(CC)OCCOC. The number of ether oxygens (including phenoxy) is 3. The third-order valence-corrected chi connectivity index (χ3v) is 4.38. The molecule has 0 spiro atoms. The van der Waals surface area contributed by atoms with Crippen molar-refractivity contribution in [2.45, 2.75) is 71.0 Å². The molecule has 0 aliphatic rings. The first-order valence-corrected chi connectivity index (χ1v) is 7.89. The summed E-state index contributed by atoms with van der Waals surface area (Å²) in [6.07, 6.45) is 4.41. The van der Waals surface area contributed by atoms with Crippen molar-refractivity contribution in [3.8, 4) is 0 Å². The van der Waals surface area contributed by atoms with Crippen molar-refractivity contribution >= 4 is 0 Å². The summed E-state index contributed by atoms with van der Waals surface area (Å²) in [5.41, 5.74) is -0.346. The number of hydrogen-bond donors (Lipinski definition) is 1. The number of hydrogen-bond acceptors (Lipinski definition) is 4. The Bertz CT molecular complexity index is 229. The highest BCUT2D eigenvalue weighted by Gasteiger charge is 2.29. The van der Waals surface area contributed by atoms with E-state index in [1.165, 1.54) is 0 Å². The van der Waals surface area contributed by atoms with E-state index in [-0.39, 0.29) is 17.8 Å². The van der Waals surface area contributed by atoms with Gasteiger partial charge in [0.15, 0.2) is 0 Å². The van der Waals surface area contributed by atoms with Gasteiger partial charge in [0.05, 0.1) is 31.0 Å². The second-order valence-corrected chi connectivity index (χ2v) is 5.61. The van der Waals surface area contributed by atoms with Crippen LogP contribution in [0.25, 0.3) is 0 Å². The van der Waals surface area contributed by atoms with Crippen LogP contribution in [0.3, 0.4) is 0 Å². The molecule has 0 bridgehead atoms. The minimum Gasteiger partial charge on any atom is -0.396 e. The quantitative estimate of drug-likeness (QED) is 0.529. The third-order valence-electron chi connectivity index (χ3n) is 4.38. The standard InChI is InChI=1S/C16H34O4/c1-6-15(4,9-11-17)19-12-10-16(7-2,8-3)20-14-13-18-5/h17H,6-14H2,1-5H3. The van der Waals surface area contributed by atoms with Crippen molar-refractivity contribution in [1.82, 2.24) is 0 Å². The van der Waals surface area contributed by atoms with Gasteiger partial charge < -0.3 is 19.3 Å². The molecule has 0 amide bonds. The number of rotatable bonds is 13. The highest BCUT2D eigenvalue weighted by molar-refractivity contribution is 4.79. The molecular weight excluding hydrogens is 256 g/mol. The first-order chi connectivity index (χ1) is 9.51. The van der Waals surface area contributed by atoms with E-state index < -0.39 is 0 Å². The van der Waals surface area contributed by atoms with E-state index in [9.17, 15) is 0 Å². The summed E-state index contributed by atoms with van der Waals surface area (Å²) in [4.78, 5) is 0. The average Bonchev–Trinajstić information content (AvgIpc) is 2.46. The van der Waals surface area contributed by atoms with Crippen LogP contribution in [0.1, 0.15) is 59.8 Å². The maximum atomic E-state index is 9.11. The van der Waals surface area contributed by atoms with Crippen LogP contribution in [-0.4, -0.2) is 49.8 Å². The molecule has 1 unspecified atom stereocenters. The van der Waals surface area contributed by atoms with E-state index in [0.717, 1.165) is 25.7 Å². The van der Waals surface area contributed by atoms with Crippen LogP contribution in [0, 0.1) is 0 Å². The van der Waals surface area contributed by atoms with Gasteiger partial charge in [0.2, 0.25) is 0 Å². The molecule has 0 fully saturated rings. The second-order valence-electron chi connectivity index (χ2n) is 5.61. The van der Waals surface area contributed by atoms with Crippen LogP contribution in [0.5, 0.6) is 0 Å². The smallest absolute Gasteiger partial charge is 0.0707 e. The second kappa shape index (κ2) is 10.6. The highest BCUT2D eigenvalue weighted by atomic mass is 16.5. The molecule has 0 radical (unpaired) electrons. The van der Waals surface area contributed by atoms with Crippen molar-refractivity contribution in [1.29, 1.82) is 0 Å². The molecule has 1 N–H and O–H groups in total. The molecule has 0 saturated heterocycles. The molecule has 122 valence electrons. The molecule has 0 aromatic heterocycles.